The molecule has 1 heterocycles. The molecule has 0 bridgehead atoms. The zero-order valence-electron chi connectivity index (χ0n) is 12.8. The SMILES string of the molecule is Cc1cccc(C=NNC(=O)c2sc3cc(C)ccc3c2Cl)c1. The van der Waals surface area contributed by atoms with Crippen LogP contribution < -0.4 is 5.43 Å². The molecule has 0 saturated carbocycles. The molecule has 116 valence electrons. The molecule has 0 aliphatic heterocycles. The van der Waals surface area contributed by atoms with E-state index in [2.05, 4.69) is 10.5 Å². The van der Waals surface area contributed by atoms with Crippen LogP contribution in [-0.2, 0) is 0 Å². The summed E-state index contributed by atoms with van der Waals surface area (Å²) in [6.45, 7) is 4.02. The van der Waals surface area contributed by atoms with Gasteiger partial charge >= 0.3 is 0 Å². The van der Waals surface area contributed by atoms with Gasteiger partial charge < -0.3 is 0 Å². The zero-order chi connectivity index (χ0) is 16.4. The third-order valence-corrected chi connectivity index (χ3v) is 5.07. The Morgan fingerprint density at radius 3 is 2.74 bits per heavy atom. The van der Waals surface area contributed by atoms with Crippen LogP contribution in [0.4, 0.5) is 0 Å². The number of benzene rings is 2. The van der Waals surface area contributed by atoms with Gasteiger partial charge in [-0.2, -0.15) is 5.10 Å². The normalized spacial score (nSPS) is 11.3. The molecule has 1 aromatic heterocycles. The van der Waals surface area contributed by atoms with Crippen molar-refractivity contribution in [1.29, 1.82) is 0 Å². The fourth-order valence-corrected chi connectivity index (χ4v) is 3.79. The number of hydrazone groups is 1. The summed E-state index contributed by atoms with van der Waals surface area (Å²) >= 11 is 7.70. The number of nitrogens with zero attached hydrogens (tertiary/aromatic N) is 1. The van der Waals surface area contributed by atoms with E-state index >= 15 is 0 Å². The lowest BCUT2D eigenvalue weighted by atomic mass is 10.2. The number of halogens is 1. The Labute approximate surface area is 143 Å². The Kier molecular flexibility index (Phi) is 4.46. The van der Waals surface area contributed by atoms with Crippen molar-refractivity contribution in [3.63, 3.8) is 0 Å². The molecule has 0 spiro atoms. The van der Waals surface area contributed by atoms with Crippen LogP contribution in [0.3, 0.4) is 0 Å². The molecular weight excluding hydrogens is 328 g/mol. The van der Waals surface area contributed by atoms with Gasteiger partial charge in [-0.25, -0.2) is 5.43 Å². The first-order valence-electron chi connectivity index (χ1n) is 7.13. The Hall–Kier alpha value is -2.17. The third kappa shape index (κ3) is 3.44. The standard InChI is InChI=1S/C18H15ClN2OS/c1-11-4-3-5-13(8-11)10-20-21-18(22)17-16(19)14-7-6-12(2)9-15(14)23-17/h3-10H,1-2H3,(H,21,22). The van der Waals surface area contributed by atoms with Gasteiger partial charge in [0.25, 0.3) is 5.91 Å². The molecule has 0 unspecified atom stereocenters. The van der Waals surface area contributed by atoms with Gasteiger partial charge in [-0.1, -0.05) is 53.6 Å². The summed E-state index contributed by atoms with van der Waals surface area (Å²) in [4.78, 5) is 12.8. The molecule has 0 fully saturated rings. The number of thiophene rings is 1. The van der Waals surface area contributed by atoms with Gasteiger partial charge in [0.15, 0.2) is 0 Å². The summed E-state index contributed by atoms with van der Waals surface area (Å²) in [5.41, 5.74) is 5.75. The van der Waals surface area contributed by atoms with Crippen molar-refractivity contribution in [2.45, 2.75) is 13.8 Å². The lowest BCUT2D eigenvalue weighted by Crippen LogP contribution is -2.16. The predicted molar refractivity (Wildman–Crippen MR) is 97.8 cm³/mol. The summed E-state index contributed by atoms with van der Waals surface area (Å²) < 4.78 is 1.00. The maximum atomic E-state index is 12.3. The number of amides is 1. The quantitative estimate of drug-likeness (QED) is 0.532. The van der Waals surface area contributed by atoms with E-state index in [0.29, 0.717) is 9.90 Å². The van der Waals surface area contributed by atoms with Gasteiger partial charge in [0.05, 0.1) is 11.2 Å². The zero-order valence-corrected chi connectivity index (χ0v) is 14.3. The minimum Gasteiger partial charge on any atom is -0.266 e. The smallest absolute Gasteiger partial charge is 0.266 e. The molecule has 2 aromatic carbocycles. The van der Waals surface area contributed by atoms with Gasteiger partial charge in [0.2, 0.25) is 0 Å². The number of nitrogens with one attached hydrogen (secondary N) is 1. The van der Waals surface area contributed by atoms with Crippen LogP contribution in [0.5, 0.6) is 0 Å². The second-order valence-electron chi connectivity index (χ2n) is 5.36. The molecule has 3 aromatic rings. The Balaban J connectivity index is 1.79. The van der Waals surface area contributed by atoms with Crippen molar-refractivity contribution in [3.8, 4) is 0 Å². The summed E-state index contributed by atoms with van der Waals surface area (Å²) in [7, 11) is 0. The highest BCUT2D eigenvalue weighted by Gasteiger charge is 2.16. The Morgan fingerprint density at radius 2 is 1.96 bits per heavy atom. The van der Waals surface area contributed by atoms with Crippen LogP contribution in [0.2, 0.25) is 5.02 Å². The predicted octanol–water partition coefficient (Wildman–Crippen LogP) is 4.94. The van der Waals surface area contributed by atoms with E-state index in [9.17, 15) is 4.79 Å². The molecule has 0 radical (unpaired) electrons. The molecule has 0 aliphatic rings. The highest BCUT2D eigenvalue weighted by atomic mass is 35.5. The number of hydrogen-bond acceptors (Lipinski definition) is 3. The lowest BCUT2D eigenvalue weighted by Gasteiger charge is -1.98. The van der Waals surface area contributed by atoms with Crippen LogP contribution in [-0.4, -0.2) is 12.1 Å². The average Bonchev–Trinajstić information content (AvgIpc) is 2.83. The number of rotatable bonds is 3. The first kappa shape index (κ1) is 15.7. The van der Waals surface area contributed by atoms with E-state index < -0.39 is 0 Å². The highest BCUT2D eigenvalue weighted by molar-refractivity contribution is 7.21. The van der Waals surface area contributed by atoms with Crippen molar-refractivity contribution < 1.29 is 4.79 Å². The fourth-order valence-electron chi connectivity index (χ4n) is 2.29. The van der Waals surface area contributed by atoms with Crippen molar-refractivity contribution in [2.24, 2.45) is 5.10 Å². The maximum absolute atomic E-state index is 12.3. The number of carbonyl (C=O) groups is 1. The van der Waals surface area contributed by atoms with Crippen LogP contribution in [0.15, 0.2) is 47.6 Å². The number of hydrogen-bond donors (Lipinski definition) is 1. The van der Waals surface area contributed by atoms with Crippen molar-refractivity contribution >= 4 is 45.1 Å². The largest absolute Gasteiger partial charge is 0.283 e. The molecule has 3 rings (SSSR count). The summed E-state index contributed by atoms with van der Waals surface area (Å²) in [5, 5.41) is 5.39. The molecule has 0 atom stereocenters. The Morgan fingerprint density at radius 1 is 1.17 bits per heavy atom. The molecule has 23 heavy (non-hydrogen) atoms. The van der Waals surface area contributed by atoms with E-state index in [4.69, 9.17) is 11.6 Å². The van der Waals surface area contributed by atoms with Gasteiger partial charge in [-0.15, -0.1) is 11.3 Å². The van der Waals surface area contributed by atoms with Crippen LogP contribution in [0.1, 0.15) is 26.4 Å². The molecule has 0 saturated heterocycles. The average molecular weight is 343 g/mol. The molecule has 3 nitrogen and oxygen atoms in total. The molecule has 1 amide bonds. The van der Waals surface area contributed by atoms with E-state index in [1.165, 1.54) is 11.3 Å². The van der Waals surface area contributed by atoms with Crippen molar-refractivity contribution in [3.05, 3.63) is 69.1 Å². The second-order valence-corrected chi connectivity index (χ2v) is 6.79. The molecule has 5 heteroatoms. The van der Waals surface area contributed by atoms with E-state index in [0.717, 1.165) is 26.8 Å². The summed E-state index contributed by atoms with van der Waals surface area (Å²) in [5.74, 6) is -0.294. The topological polar surface area (TPSA) is 41.5 Å². The van der Waals surface area contributed by atoms with Gasteiger partial charge in [0.1, 0.15) is 4.88 Å². The van der Waals surface area contributed by atoms with Gasteiger partial charge in [-0.05, 0) is 31.0 Å². The Bertz CT molecular complexity index is 915. The third-order valence-electron chi connectivity index (χ3n) is 3.41. The summed E-state index contributed by atoms with van der Waals surface area (Å²) in [6, 6.07) is 13.8. The molecule has 0 aliphatic carbocycles. The summed E-state index contributed by atoms with van der Waals surface area (Å²) in [6.07, 6.45) is 1.62. The van der Waals surface area contributed by atoms with Gasteiger partial charge in [0, 0.05) is 10.1 Å². The van der Waals surface area contributed by atoms with Crippen LogP contribution in [0.25, 0.3) is 10.1 Å². The molecular formula is C18H15ClN2OS. The van der Waals surface area contributed by atoms with Gasteiger partial charge in [-0.3, -0.25) is 4.79 Å². The van der Waals surface area contributed by atoms with Crippen molar-refractivity contribution in [2.75, 3.05) is 0 Å². The lowest BCUT2D eigenvalue weighted by molar-refractivity contribution is 0.0959. The highest BCUT2D eigenvalue weighted by Crippen LogP contribution is 2.35. The number of fused-ring (bicyclic) bond motifs is 1. The van der Waals surface area contributed by atoms with E-state index in [-0.39, 0.29) is 5.91 Å². The van der Waals surface area contributed by atoms with Crippen LogP contribution in [0, 0.1) is 13.8 Å². The van der Waals surface area contributed by atoms with Crippen molar-refractivity contribution in [1.82, 2.24) is 5.43 Å². The van der Waals surface area contributed by atoms with E-state index in [1.54, 1.807) is 6.21 Å². The second kappa shape index (κ2) is 6.52. The van der Waals surface area contributed by atoms with Crippen LogP contribution >= 0.6 is 22.9 Å². The number of aryl methyl sites for hydroxylation is 2. The fraction of sp³-hybridized carbons (Fsp3) is 0.111. The minimum atomic E-state index is -0.294. The minimum absolute atomic E-state index is 0.294. The van der Waals surface area contributed by atoms with E-state index in [1.807, 2.05) is 56.3 Å². The first-order valence-corrected chi connectivity index (χ1v) is 8.33. The maximum Gasteiger partial charge on any atom is 0.283 e. The molecule has 1 N–H and O–H groups in total. The first-order chi connectivity index (χ1) is 11.0. The monoisotopic (exact) mass is 342 g/mol. The number of carbonyl (C=O) groups excluding carboxylic acids is 1.